The highest BCUT2D eigenvalue weighted by atomic mass is 16.5. The SMILES string of the molecule is CCOc1ccc(C(=O)NC2CC(=O)N(c3cccc(OC)c3)C2)cc1. The molecule has 136 valence electrons. The monoisotopic (exact) mass is 354 g/mol. The summed E-state index contributed by atoms with van der Waals surface area (Å²) in [6, 6.07) is 14.1. The lowest BCUT2D eigenvalue weighted by atomic mass is 10.2. The predicted octanol–water partition coefficient (Wildman–Crippen LogP) is 2.63. The van der Waals surface area contributed by atoms with Crippen LogP contribution in [-0.2, 0) is 4.79 Å². The number of amides is 2. The van der Waals surface area contributed by atoms with Gasteiger partial charge in [-0.05, 0) is 43.3 Å². The van der Waals surface area contributed by atoms with E-state index in [1.807, 2.05) is 31.2 Å². The van der Waals surface area contributed by atoms with Crippen LogP contribution in [0.5, 0.6) is 11.5 Å². The summed E-state index contributed by atoms with van der Waals surface area (Å²) in [4.78, 5) is 26.4. The Labute approximate surface area is 152 Å². The van der Waals surface area contributed by atoms with Crippen LogP contribution < -0.4 is 19.7 Å². The van der Waals surface area contributed by atoms with Crippen LogP contribution in [0.2, 0.25) is 0 Å². The van der Waals surface area contributed by atoms with Crippen LogP contribution in [0.15, 0.2) is 48.5 Å². The third-order valence-corrected chi connectivity index (χ3v) is 4.25. The van der Waals surface area contributed by atoms with E-state index in [0.29, 0.717) is 24.5 Å². The topological polar surface area (TPSA) is 67.9 Å². The normalized spacial score (nSPS) is 16.5. The number of ether oxygens (including phenoxy) is 2. The van der Waals surface area contributed by atoms with Crippen LogP contribution in [0.4, 0.5) is 5.69 Å². The molecule has 1 heterocycles. The minimum absolute atomic E-state index is 0.0183. The molecule has 6 heteroatoms. The molecule has 3 rings (SSSR count). The second-order valence-corrected chi connectivity index (χ2v) is 6.04. The molecule has 1 aliphatic heterocycles. The number of hydrogen-bond acceptors (Lipinski definition) is 4. The second-order valence-electron chi connectivity index (χ2n) is 6.04. The van der Waals surface area contributed by atoms with Crippen LogP contribution >= 0.6 is 0 Å². The Bertz CT molecular complexity index is 789. The van der Waals surface area contributed by atoms with E-state index >= 15 is 0 Å². The van der Waals surface area contributed by atoms with Crippen molar-refractivity contribution in [1.82, 2.24) is 5.32 Å². The van der Waals surface area contributed by atoms with E-state index in [9.17, 15) is 9.59 Å². The Kier molecular flexibility index (Phi) is 5.41. The van der Waals surface area contributed by atoms with Gasteiger partial charge in [0.2, 0.25) is 5.91 Å². The van der Waals surface area contributed by atoms with Gasteiger partial charge in [0.25, 0.3) is 5.91 Å². The van der Waals surface area contributed by atoms with E-state index in [1.54, 1.807) is 36.3 Å². The first-order chi connectivity index (χ1) is 12.6. The van der Waals surface area contributed by atoms with Crippen LogP contribution in [0.1, 0.15) is 23.7 Å². The summed E-state index contributed by atoms with van der Waals surface area (Å²) in [6.45, 7) is 2.93. The van der Waals surface area contributed by atoms with Crippen molar-refractivity contribution in [1.29, 1.82) is 0 Å². The van der Waals surface area contributed by atoms with Gasteiger partial charge in [-0.15, -0.1) is 0 Å². The number of anilines is 1. The zero-order chi connectivity index (χ0) is 18.5. The number of nitrogens with zero attached hydrogens (tertiary/aromatic N) is 1. The van der Waals surface area contributed by atoms with Gasteiger partial charge < -0.3 is 19.7 Å². The molecule has 0 spiro atoms. The molecule has 0 bridgehead atoms. The Morgan fingerprint density at radius 2 is 1.96 bits per heavy atom. The Morgan fingerprint density at radius 3 is 2.65 bits per heavy atom. The van der Waals surface area contributed by atoms with Gasteiger partial charge in [-0.1, -0.05) is 6.07 Å². The fourth-order valence-electron chi connectivity index (χ4n) is 2.97. The molecule has 0 aromatic heterocycles. The van der Waals surface area contributed by atoms with Crippen LogP contribution in [0, 0.1) is 0 Å². The molecule has 1 atom stereocenters. The summed E-state index contributed by atoms with van der Waals surface area (Å²) in [5, 5.41) is 2.93. The number of methoxy groups -OCH3 is 1. The van der Waals surface area contributed by atoms with Gasteiger partial charge >= 0.3 is 0 Å². The minimum Gasteiger partial charge on any atom is -0.497 e. The van der Waals surface area contributed by atoms with Crippen molar-refractivity contribution in [3.05, 3.63) is 54.1 Å². The lowest BCUT2D eigenvalue weighted by Gasteiger charge is -2.18. The number of hydrogen-bond donors (Lipinski definition) is 1. The van der Waals surface area contributed by atoms with Crippen molar-refractivity contribution >= 4 is 17.5 Å². The number of carbonyl (C=O) groups excluding carboxylic acids is 2. The maximum Gasteiger partial charge on any atom is 0.251 e. The molecule has 1 saturated heterocycles. The summed E-state index contributed by atoms with van der Waals surface area (Å²) in [5.74, 6) is 1.20. The van der Waals surface area contributed by atoms with Crippen molar-refractivity contribution in [3.8, 4) is 11.5 Å². The van der Waals surface area contributed by atoms with Crippen LogP contribution in [0.3, 0.4) is 0 Å². The Morgan fingerprint density at radius 1 is 1.19 bits per heavy atom. The van der Waals surface area contributed by atoms with Crippen molar-refractivity contribution < 1.29 is 19.1 Å². The largest absolute Gasteiger partial charge is 0.497 e. The van der Waals surface area contributed by atoms with Gasteiger partial charge in [0.15, 0.2) is 0 Å². The maximum atomic E-state index is 12.4. The first-order valence-corrected chi connectivity index (χ1v) is 8.59. The quantitative estimate of drug-likeness (QED) is 0.866. The third-order valence-electron chi connectivity index (χ3n) is 4.25. The molecular formula is C20H22N2O4. The summed E-state index contributed by atoms with van der Waals surface area (Å²) >= 11 is 0. The van der Waals surface area contributed by atoms with Crippen molar-refractivity contribution in [2.75, 3.05) is 25.2 Å². The van der Waals surface area contributed by atoms with Crippen molar-refractivity contribution in [2.45, 2.75) is 19.4 Å². The van der Waals surface area contributed by atoms with Gasteiger partial charge in [0.1, 0.15) is 11.5 Å². The molecule has 1 unspecified atom stereocenters. The molecule has 26 heavy (non-hydrogen) atoms. The number of rotatable bonds is 6. The number of carbonyl (C=O) groups is 2. The number of nitrogens with one attached hydrogen (secondary N) is 1. The summed E-state index contributed by atoms with van der Waals surface area (Å²) in [6.07, 6.45) is 0.278. The van der Waals surface area contributed by atoms with E-state index in [1.165, 1.54) is 0 Å². The molecule has 0 aliphatic carbocycles. The zero-order valence-electron chi connectivity index (χ0n) is 14.9. The summed E-state index contributed by atoms with van der Waals surface area (Å²) in [7, 11) is 1.59. The summed E-state index contributed by atoms with van der Waals surface area (Å²) < 4.78 is 10.6. The van der Waals surface area contributed by atoms with Gasteiger partial charge in [-0.2, -0.15) is 0 Å². The lowest BCUT2D eigenvalue weighted by Crippen LogP contribution is -2.37. The highest BCUT2D eigenvalue weighted by Crippen LogP contribution is 2.25. The van der Waals surface area contributed by atoms with Crippen LogP contribution in [0.25, 0.3) is 0 Å². The van der Waals surface area contributed by atoms with E-state index < -0.39 is 0 Å². The fourth-order valence-corrected chi connectivity index (χ4v) is 2.97. The molecule has 1 aliphatic rings. The molecule has 1 fully saturated rings. The van der Waals surface area contributed by atoms with Crippen LogP contribution in [-0.4, -0.2) is 38.1 Å². The Balaban J connectivity index is 1.64. The predicted molar refractivity (Wildman–Crippen MR) is 98.8 cm³/mol. The standard InChI is InChI=1S/C20H22N2O4/c1-3-26-17-9-7-14(8-10-17)20(24)21-15-11-19(23)22(13-15)16-5-4-6-18(12-16)25-2/h4-10,12,15H,3,11,13H2,1-2H3,(H,21,24). The molecule has 2 aromatic rings. The van der Waals surface area contributed by atoms with Crippen molar-refractivity contribution in [2.24, 2.45) is 0 Å². The van der Waals surface area contributed by atoms with Gasteiger partial charge in [0.05, 0.1) is 19.8 Å². The van der Waals surface area contributed by atoms with Gasteiger partial charge in [-0.3, -0.25) is 9.59 Å². The molecule has 1 N–H and O–H groups in total. The first kappa shape index (κ1) is 17.8. The average Bonchev–Trinajstić information content (AvgIpc) is 3.02. The second kappa shape index (κ2) is 7.91. The van der Waals surface area contributed by atoms with Gasteiger partial charge in [-0.25, -0.2) is 0 Å². The molecule has 0 radical (unpaired) electrons. The van der Waals surface area contributed by atoms with E-state index in [0.717, 1.165) is 11.4 Å². The molecule has 2 amide bonds. The van der Waals surface area contributed by atoms with E-state index in [2.05, 4.69) is 5.32 Å². The summed E-state index contributed by atoms with van der Waals surface area (Å²) in [5.41, 5.74) is 1.31. The maximum absolute atomic E-state index is 12.4. The fraction of sp³-hybridized carbons (Fsp3) is 0.300. The molecule has 6 nitrogen and oxygen atoms in total. The first-order valence-electron chi connectivity index (χ1n) is 8.59. The number of benzene rings is 2. The third kappa shape index (κ3) is 3.96. The minimum atomic E-state index is -0.229. The van der Waals surface area contributed by atoms with E-state index in [4.69, 9.17) is 9.47 Å². The highest BCUT2D eigenvalue weighted by molar-refractivity contribution is 5.99. The average molecular weight is 354 g/mol. The molecule has 0 saturated carbocycles. The molecule has 2 aromatic carbocycles. The zero-order valence-corrected chi connectivity index (χ0v) is 14.9. The van der Waals surface area contributed by atoms with E-state index in [-0.39, 0.29) is 24.3 Å². The molecular weight excluding hydrogens is 332 g/mol. The highest BCUT2D eigenvalue weighted by Gasteiger charge is 2.31. The smallest absolute Gasteiger partial charge is 0.251 e. The lowest BCUT2D eigenvalue weighted by molar-refractivity contribution is -0.117. The van der Waals surface area contributed by atoms with Crippen molar-refractivity contribution in [3.63, 3.8) is 0 Å². The van der Waals surface area contributed by atoms with Gasteiger partial charge in [0, 0.05) is 30.3 Å². The Hall–Kier alpha value is -3.02.